The van der Waals surface area contributed by atoms with Crippen molar-refractivity contribution in [3.8, 4) is 5.75 Å². The molecule has 0 saturated heterocycles. The van der Waals surface area contributed by atoms with E-state index in [4.69, 9.17) is 9.15 Å². The maximum absolute atomic E-state index is 13.4. The van der Waals surface area contributed by atoms with Gasteiger partial charge in [-0.3, -0.25) is 9.78 Å². The number of carbonyl (C=O) groups is 1. The number of aliphatic hydroxyl groups excluding tert-OH is 1. The van der Waals surface area contributed by atoms with Crippen molar-refractivity contribution < 1.29 is 19.1 Å². The predicted octanol–water partition coefficient (Wildman–Crippen LogP) is 5.03. The number of fused-ring (bicyclic) bond motifs is 1. The Morgan fingerprint density at radius 3 is 2.64 bits per heavy atom. The molecule has 0 atom stereocenters. The molecule has 33 heavy (non-hydrogen) atoms. The van der Waals surface area contributed by atoms with E-state index in [2.05, 4.69) is 37.9 Å². The van der Waals surface area contributed by atoms with Gasteiger partial charge in [0, 0.05) is 20.7 Å². The Kier molecular flexibility index (Phi) is 6.75. The van der Waals surface area contributed by atoms with Gasteiger partial charge in [0.15, 0.2) is 5.58 Å². The summed E-state index contributed by atoms with van der Waals surface area (Å²) in [5, 5.41) is 13.3. The number of ether oxygens (including phenoxy) is 1. The van der Waals surface area contributed by atoms with E-state index in [1.165, 1.54) is 0 Å². The zero-order chi connectivity index (χ0) is 23.5. The van der Waals surface area contributed by atoms with Crippen LogP contribution in [-0.4, -0.2) is 23.1 Å². The van der Waals surface area contributed by atoms with Crippen molar-refractivity contribution in [1.29, 1.82) is 0 Å². The summed E-state index contributed by atoms with van der Waals surface area (Å²) in [4.78, 5) is 22.3. The number of aromatic nitrogens is 1. The SMILES string of the molecule is COc1ccc(C)cc1NC(=O)c1cc2c(CO)cnc(C)c2oc1=Nc1ccc(I)cc1. The smallest absolute Gasteiger partial charge is 0.261 e. The fourth-order valence-electron chi connectivity index (χ4n) is 3.40. The van der Waals surface area contributed by atoms with Crippen LogP contribution < -0.4 is 15.6 Å². The van der Waals surface area contributed by atoms with Crippen LogP contribution in [0, 0.1) is 17.4 Å². The maximum atomic E-state index is 13.4. The predicted molar refractivity (Wildman–Crippen MR) is 135 cm³/mol. The summed E-state index contributed by atoms with van der Waals surface area (Å²) in [6, 6.07) is 14.8. The first-order chi connectivity index (χ1) is 15.9. The maximum Gasteiger partial charge on any atom is 0.261 e. The van der Waals surface area contributed by atoms with E-state index >= 15 is 0 Å². The van der Waals surface area contributed by atoms with E-state index in [0.29, 0.717) is 39.4 Å². The number of carbonyl (C=O) groups excluding carboxylic acids is 1. The van der Waals surface area contributed by atoms with Gasteiger partial charge in [-0.05, 0) is 84.5 Å². The summed E-state index contributed by atoms with van der Waals surface area (Å²) in [5.74, 6) is 0.131. The summed E-state index contributed by atoms with van der Waals surface area (Å²) in [7, 11) is 1.55. The van der Waals surface area contributed by atoms with Crippen molar-refractivity contribution in [2.45, 2.75) is 20.5 Å². The summed E-state index contributed by atoms with van der Waals surface area (Å²) in [6.45, 7) is 3.50. The number of amides is 1. The molecule has 0 unspecified atom stereocenters. The summed E-state index contributed by atoms with van der Waals surface area (Å²) < 4.78 is 12.6. The minimum Gasteiger partial charge on any atom is -0.495 e. The number of methoxy groups -OCH3 is 1. The second-order valence-corrected chi connectivity index (χ2v) is 8.73. The largest absolute Gasteiger partial charge is 0.495 e. The van der Waals surface area contributed by atoms with Crippen LogP contribution >= 0.6 is 22.6 Å². The molecular weight excluding hydrogens is 533 g/mol. The Bertz CT molecular complexity index is 1410. The molecule has 0 aliphatic rings. The van der Waals surface area contributed by atoms with Gasteiger partial charge in [0.25, 0.3) is 5.91 Å². The summed E-state index contributed by atoms with van der Waals surface area (Å²) in [6.07, 6.45) is 1.58. The average molecular weight is 555 g/mol. The van der Waals surface area contributed by atoms with Crippen LogP contribution in [-0.2, 0) is 6.61 Å². The number of pyridine rings is 1. The first kappa shape index (κ1) is 22.9. The molecule has 2 aromatic carbocycles. The number of aliphatic hydroxyl groups is 1. The van der Waals surface area contributed by atoms with Crippen LogP contribution in [0.3, 0.4) is 0 Å². The highest BCUT2D eigenvalue weighted by atomic mass is 127. The first-order valence-corrected chi connectivity index (χ1v) is 11.3. The van der Waals surface area contributed by atoms with E-state index in [1.807, 2.05) is 43.3 Å². The van der Waals surface area contributed by atoms with Crippen LogP contribution in [0.25, 0.3) is 11.0 Å². The Labute approximate surface area is 204 Å². The second kappa shape index (κ2) is 9.72. The highest BCUT2D eigenvalue weighted by Crippen LogP contribution is 2.27. The van der Waals surface area contributed by atoms with E-state index < -0.39 is 5.91 Å². The lowest BCUT2D eigenvalue weighted by atomic mass is 10.1. The fourth-order valence-corrected chi connectivity index (χ4v) is 3.76. The monoisotopic (exact) mass is 555 g/mol. The number of anilines is 1. The van der Waals surface area contributed by atoms with Crippen LogP contribution in [0.2, 0.25) is 0 Å². The van der Waals surface area contributed by atoms with Gasteiger partial charge in [0.05, 0.1) is 30.8 Å². The van der Waals surface area contributed by atoms with Gasteiger partial charge in [-0.1, -0.05) is 6.07 Å². The molecule has 0 fully saturated rings. The molecule has 0 aliphatic carbocycles. The number of hydrogen-bond acceptors (Lipinski definition) is 6. The van der Waals surface area contributed by atoms with Crippen molar-refractivity contribution in [3.63, 3.8) is 0 Å². The lowest BCUT2D eigenvalue weighted by Gasteiger charge is -2.12. The molecule has 0 aliphatic heterocycles. The minimum absolute atomic E-state index is 0.146. The molecule has 168 valence electrons. The highest BCUT2D eigenvalue weighted by Gasteiger charge is 2.18. The van der Waals surface area contributed by atoms with Crippen LogP contribution in [0.4, 0.5) is 11.4 Å². The molecule has 4 aromatic rings. The van der Waals surface area contributed by atoms with E-state index in [9.17, 15) is 9.90 Å². The molecule has 0 spiro atoms. The van der Waals surface area contributed by atoms with E-state index in [1.54, 1.807) is 32.4 Å². The highest BCUT2D eigenvalue weighted by molar-refractivity contribution is 14.1. The van der Waals surface area contributed by atoms with Gasteiger partial charge in [-0.2, -0.15) is 0 Å². The molecule has 7 nitrogen and oxygen atoms in total. The lowest BCUT2D eigenvalue weighted by molar-refractivity contribution is 0.102. The van der Waals surface area contributed by atoms with Gasteiger partial charge in [-0.15, -0.1) is 0 Å². The van der Waals surface area contributed by atoms with Crippen molar-refractivity contribution in [2.75, 3.05) is 12.4 Å². The van der Waals surface area contributed by atoms with Crippen LogP contribution in [0.15, 0.2) is 64.1 Å². The van der Waals surface area contributed by atoms with Crippen molar-refractivity contribution in [1.82, 2.24) is 4.98 Å². The molecule has 1 amide bonds. The first-order valence-electron chi connectivity index (χ1n) is 10.2. The number of nitrogens with zero attached hydrogens (tertiary/aromatic N) is 2. The third-order valence-corrected chi connectivity index (χ3v) is 5.85. The molecule has 8 heteroatoms. The quantitative estimate of drug-likeness (QED) is 0.337. The average Bonchev–Trinajstić information content (AvgIpc) is 2.81. The Hall–Kier alpha value is -3.24. The van der Waals surface area contributed by atoms with Gasteiger partial charge in [0.2, 0.25) is 5.55 Å². The zero-order valence-corrected chi connectivity index (χ0v) is 20.5. The van der Waals surface area contributed by atoms with Gasteiger partial charge in [0.1, 0.15) is 11.3 Å². The zero-order valence-electron chi connectivity index (χ0n) is 18.3. The van der Waals surface area contributed by atoms with Crippen molar-refractivity contribution in [2.24, 2.45) is 4.99 Å². The van der Waals surface area contributed by atoms with Crippen molar-refractivity contribution in [3.05, 3.63) is 86.2 Å². The number of aryl methyl sites for hydroxylation is 2. The van der Waals surface area contributed by atoms with Crippen LogP contribution in [0.5, 0.6) is 5.75 Å². The number of hydrogen-bond donors (Lipinski definition) is 2. The molecular formula is C25H22IN3O4. The lowest BCUT2D eigenvalue weighted by Crippen LogP contribution is -2.22. The number of nitrogens with one attached hydrogen (secondary N) is 1. The number of halogens is 1. The van der Waals surface area contributed by atoms with E-state index in [0.717, 1.165) is 9.13 Å². The summed E-state index contributed by atoms with van der Waals surface area (Å²) >= 11 is 2.22. The third-order valence-electron chi connectivity index (χ3n) is 5.13. The second-order valence-electron chi connectivity index (χ2n) is 7.48. The van der Waals surface area contributed by atoms with Crippen molar-refractivity contribution >= 4 is 50.8 Å². The molecule has 2 N–H and O–H groups in total. The summed E-state index contributed by atoms with van der Waals surface area (Å²) in [5.41, 5.74) is 4.19. The Morgan fingerprint density at radius 2 is 1.94 bits per heavy atom. The topological polar surface area (TPSA) is 97.0 Å². The third kappa shape index (κ3) is 4.91. The standard InChI is InChI=1S/C25H22IN3O4/c1-14-4-9-22(32-3)21(10-14)29-24(31)20-11-19-16(13-30)12-27-15(2)23(19)33-25(20)28-18-7-5-17(26)6-8-18/h4-12,30H,13H2,1-3H3,(H,29,31). The van der Waals surface area contributed by atoms with E-state index in [-0.39, 0.29) is 17.7 Å². The number of benzene rings is 2. The van der Waals surface area contributed by atoms with Gasteiger partial charge >= 0.3 is 0 Å². The normalized spacial score (nSPS) is 11.6. The molecule has 2 aromatic heterocycles. The Morgan fingerprint density at radius 1 is 1.18 bits per heavy atom. The minimum atomic E-state index is -0.410. The van der Waals surface area contributed by atoms with Gasteiger partial charge in [-0.25, -0.2) is 4.99 Å². The number of rotatable bonds is 5. The molecule has 0 bridgehead atoms. The van der Waals surface area contributed by atoms with Gasteiger partial charge < -0.3 is 19.6 Å². The molecule has 0 radical (unpaired) electrons. The molecule has 4 rings (SSSR count). The molecule has 2 heterocycles. The van der Waals surface area contributed by atoms with Crippen LogP contribution in [0.1, 0.15) is 27.2 Å². The molecule has 0 saturated carbocycles. The fraction of sp³-hybridized carbons (Fsp3) is 0.160. The Balaban J connectivity index is 1.92.